The first-order valence-corrected chi connectivity index (χ1v) is 9.40. The molecule has 1 N–H and O–H groups in total. The lowest BCUT2D eigenvalue weighted by Crippen LogP contribution is -2.36. The number of hydrogen-bond acceptors (Lipinski definition) is 3. The van der Waals surface area contributed by atoms with E-state index in [2.05, 4.69) is 59.7 Å². The predicted molar refractivity (Wildman–Crippen MR) is 108 cm³/mol. The van der Waals surface area contributed by atoms with Gasteiger partial charge in [0.05, 0.1) is 17.4 Å². The fourth-order valence-electron chi connectivity index (χ4n) is 3.47. The molecule has 4 heteroatoms. The Balaban J connectivity index is 1.49. The maximum absolute atomic E-state index is 13.0. The van der Waals surface area contributed by atoms with Crippen LogP contribution in [0.5, 0.6) is 0 Å². The lowest BCUT2D eigenvalue weighted by atomic mass is 9.99. The van der Waals surface area contributed by atoms with Gasteiger partial charge in [0, 0.05) is 25.0 Å². The Labute approximate surface area is 159 Å². The van der Waals surface area contributed by atoms with Gasteiger partial charge in [0.15, 0.2) is 0 Å². The predicted octanol–water partition coefficient (Wildman–Crippen LogP) is 4.59. The normalized spacial score (nSPS) is 13.1. The third-order valence-electron chi connectivity index (χ3n) is 5.05. The summed E-state index contributed by atoms with van der Waals surface area (Å²) in [5, 5.41) is 3.34. The summed E-state index contributed by atoms with van der Waals surface area (Å²) in [6, 6.07) is 18.5. The van der Waals surface area contributed by atoms with Crippen molar-refractivity contribution in [3.8, 4) is 0 Å². The van der Waals surface area contributed by atoms with E-state index in [0.717, 1.165) is 30.8 Å². The molecule has 0 bridgehead atoms. The number of rotatable bonds is 4. The van der Waals surface area contributed by atoms with Crippen molar-refractivity contribution < 1.29 is 4.79 Å². The lowest BCUT2D eigenvalue weighted by molar-refractivity contribution is 0.0734. The summed E-state index contributed by atoms with van der Waals surface area (Å²) in [6.45, 7) is 3.54. The minimum Gasteiger partial charge on any atom is -0.354 e. The zero-order chi connectivity index (χ0) is 18.6. The van der Waals surface area contributed by atoms with Gasteiger partial charge in [0.1, 0.15) is 0 Å². The van der Waals surface area contributed by atoms with Gasteiger partial charge in [0.2, 0.25) is 0 Å². The van der Waals surface area contributed by atoms with Gasteiger partial charge in [0.25, 0.3) is 5.91 Å². The summed E-state index contributed by atoms with van der Waals surface area (Å²) in [4.78, 5) is 19.1. The SMILES string of the molecule is CCc1ccc(Nc2cncc(C(=O)N3CCc4ccccc4C3)c2)cc1. The molecule has 2 aromatic carbocycles. The number of amides is 1. The van der Waals surface area contributed by atoms with E-state index in [1.807, 2.05) is 17.0 Å². The van der Waals surface area contributed by atoms with Crippen LogP contribution in [0.2, 0.25) is 0 Å². The van der Waals surface area contributed by atoms with Crippen molar-refractivity contribution in [1.82, 2.24) is 9.88 Å². The lowest BCUT2D eigenvalue weighted by Gasteiger charge is -2.29. The summed E-state index contributed by atoms with van der Waals surface area (Å²) < 4.78 is 0. The molecule has 4 rings (SSSR count). The second-order valence-corrected chi connectivity index (χ2v) is 6.88. The topological polar surface area (TPSA) is 45.2 Å². The quantitative estimate of drug-likeness (QED) is 0.743. The van der Waals surface area contributed by atoms with Crippen LogP contribution in [0, 0.1) is 0 Å². The number of nitrogens with one attached hydrogen (secondary N) is 1. The Morgan fingerprint density at radius 3 is 2.59 bits per heavy atom. The molecule has 3 aromatic rings. The first kappa shape index (κ1) is 17.3. The molecule has 4 nitrogen and oxygen atoms in total. The van der Waals surface area contributed by atoms with Crippen molar-refractivity contribution in [1.29, 1.82) is 0 Å². The second kappa shape index (κ2) is 7.62. The van der Waals surface area contributed by atoms with Gasteiger partial charge in [-0.15, -0.1) is 0 Å². The van der Waals surface area contributed by atoms with E-state index in [9.17, 15) is 4.79 Å². The molecule has 0 saturated carbocycles. The van der Waals surface area contributed by atoms with Crippen molar-refractivity contribution >= 4 is 17.3 Å². The summed E-state index contributed by atoms with van der Waals surface area (Å²) in [7, 11) is 0. The molecular weight excluding hydrogens is 334 g/mol. The molecule has 0 radical (unpaired) electrons. The maximum atomic E-state index is 13.0. The van der Waals surface area contributed by atoms with E-state index in [4.69, 9.17) is 0 Å². The number of carbonyl (C=O) groups is 1. The third-order valence-corrected chi connectivity index (χ3v) is 5.05. The monoisotopic (exact) mass is 357 g/mol. The number of benzene rings is 2. The van der Waals surface area contributed by atoms with Crippen LogP contribution in [0.3, 0.4) is 0 Å². The van der Waals surface area contributed by atoms with E-state index in [1.165, 1.54) is 16.7 Å². The van der Waals surface area contributed by atoms with Crippen LogP contribution in [0.1, 0.15) is 34.0 Å². The Morgan fingerprint density at radius 1 is 1.04 bits per heavy atom. The Kier molecular flexibility index (Phi) is 4.88. The molecule has 1 aliphatic rings. The number of carbonyl (C=O) groups excluding carboxylic acids is 1. The molecule has 2 heterocycles. The number of pyridine rings is 1. The highest BCUT2D eigenvalue weighted by Crippen LogP contribution is 2.22. The molecule has 0 saturated heterocycles. The molecule has 0 unspecified atom stereocenters. The largest absolute Gasteiger partial charge is 0.354 e. The summed E-state index contributed by atoms with van der Waals surface area (Å²) in [6.07, 6.45) is 5.31. The minimum absolute atomic E-state index is 0.0296. The third kappa shape index (κ3) is 3.85. The van der Waals surface area contributed by atoms with E-state index in [1.54, 1.807) is 12.4 Å². The zero-order valence-electron chi connectivity index (χ0n) is 15.5. The van der Waals surface area contributed by atoms with Crippen LogP contribution in [-0.2, 0) is 19.4 Å². The molecule has 27 heavy (non-hydrogen) atoms. The number of aryl methyl sites for hydroxylation is 1. The number of hydrogen-bond donors (Lipinski definition) is 1. The fourth-order valence-corrected chi connectivity index (χ4v) is 3.47. The first-order valence-electron chi connectivity index (χ1n) is 9.40. The van der Waals surface area contributed by atoms with E-state index in [-0.39, 0.29) is 5.91 Å². The Bertz CT molecular complexity index is 950. The van der Waals surface area contributed by atoms with Crippen molar-refractivity contribution in [3.63, 3.8) is 0 Å². The van der Waals surface area contributed by atoms with E-state index < -0.39 is 0 Å². The van der Waals surface area contributed by atoms with Crippen molar-refractivity contribution in [2.75, 3.05) is 11.9 Å². The first-order chi connectivity index (χ1) is 13.2. The van der Waals surface area contributed by atoms with Crippen LogP contribution in [0.4, 0.5) is 11.4 Å². The smallest absolute Gasteiger partial charge is 0.255 e. The molecule has 1 amide bonds. The van der Waals surface area contributed by atoms with Crippen molar-refractivity contribution in [3.05, 3.63) is 89.2 Å². The molecule has 0 fully saturated rings. The van der Waals surface area contributed by atoms with Gasteiger partial charge < -0.3 is 10.2 Å². The highest BCUT2D eigenvalue weighted by molar-refractivity contribution is 5.95. The minimum atomic E-state index is 0.0296. The molecule has 0 atom stereocenters. The molecule has 0 spiro atoms. The van der Waals surface area contributed by atoms with Crippen LogP contribution in [-0.4, -0.2) is 22.3 Å². The van der Waals surface area contributed by atoms with Crippen LogP contribution in [0.25, 0.3) is 0 Å². The van der Waals surface area contributed by atoms with Gasteiger partial charge >= 0.3 is 0 Å². The zero-order valence-corrected chi connectivity index (χ0v) is 15.5. The van der Waals surface area contributed by atoms with Gasteiger partial charge in [-0.3, -0.25) is 9.78 Å². The standard InChI is InChI=1S/C23H23N3O/c1-2-17-7-9-21(10-8-17)25-22-13-20(14-24-15-22)23(27)26-12-11-18-5-3-4-6-19(18)16-26/h3-10,13-15,25H,2,11-12,16H2,1H3. The fraction of sp³-hybridized carbons (Fsp3) is 0.217. The van der Waals surface area contributed by atoms with Gasteiger partial charge in [-0.1, -0.05) is 43.3 Å². The van der Waals surface area contributed by atoms with E-state index in [0.29, 0.717) is 12.1 Å². The van der Waals surface area contributed by atoms with E-state index >= 15 is 0 Å². The number of aromatic nitrogens is 1. The number of anilines is 2. The highest BCUT2D eigenvalue weighted by atomic mass is 16.2. The van der Waals surface area contributed by atoms with Crippen LogP contribution < -0.4 is 5.32 Å². The van der Waals surface area contributed by atoms with Gasteiger partial charge in [-0.25, -0.2) is 0 Å². The summed E-state index contributed by atoms with van der Waals surface area (Å²) in [5.74, 6) is 0.0296. The Morgan fingerprint density at radius 2 is 1.81 bits per heavy atom. The number of fused-ring (bicyclic) bond motifs is 1. The van der Waals surface area contributed by atoms with Crippen LogP contribution >= 0.6 is 0 Å². The summed E-state index contributed by atoms with van der Waals surface area (Å²) >= 11 is 0. The van der Waals surface area contributed by atoms with Crippen molar-refractivity contribution in [2.24, 2.45) is 0 Å². The molecule has 1 aliphatic heterocycles. The van der Waals surface area contributed by atoms with Gasteiger partial charge in [-0.05, 0) is 47.7 Å². The average molecular weight is 357 g/mol. The summed E-state index contributed by atoms with van der Waals surface area (Å²) in [5.41, 5.74) is 6.30. The highest BCUT2D eigenvalue weighted by Gasteiger charge is 2.21. The second-order valence-electron chi connectivity index (χ2n) is 6.88. The maximum Gasteiger partial charge on any atom is 0.255 e. The molecule has 1 aromatic heterocycles. The van der Waals surface area contributed by atoms with Gasteiger partial charge in [-0.2, -0.15) is 0 Å². The molecule has 136 valence electrons. The number of nitrogens with zero attached hydrogens (tertiary/aromatic N) is 2. The van der Waals surface area contributed by atoms with Crippen molar-refractivity contribution in [2.45, 2.75) is 26.3 Å². The molecular formula is C23H23N3O. The van der Waals surface area contributed by atoms with Crippen LogP contribution in [0.15, 0.2) is 67.0 Å². The average Bonchev–Trinajstić information content (AvgIpc) is 2.73. The molecule has 0 aliphatic carbocycles. The Hall–Kier alpha value is -3.14.